The van der Waals surface area contributed by atoms with Gasteiger partial charge in [-0.3, -0.25) is 9.69 Å². The maximum Gasteiger partial charge on any atom is 0.254 e. The van der Waals surface area contributed by atoms with E-state index in [1.807, 2.05) is 23.1 Å². The van der Waals surface area contributed by atoms with Gasteiger partial charge in [-0.15, -0.1) is 6.58 Å². The second kappa shape index (κ2) is 5.69. The molecule has 1 aromatic carbocycles. The fourth-order valence-electron chi connectivity index (χ4n) is 2.17. The lowest BCUT2D eigenvalue weighted by Crippen LogP contribution is -2.48. The minimum Gasteiger partial charge on any atom is -0.399 e. The Balaban J connectivity index is 1.97. The molecule has 1 aromatic rings. The first-order valence-electron chi connectivity index (χ1n) is 6.19. The first kappa shape index (κ1) is 12.6. The molecule has 1 saturated heterocycles. The Hall–Kier alpha value is -1.81. The molecule has 0 spiro atoms. The molecule has 1 fully saturated rings. The zero-order valence-electron chi connectivity index (χ0n) is 10.5. The third-order valence-electron chi connectivity index (χ3n) is 3.18. The van der Waals surface area contributed by atoms with Crippen LogP contribution < -0.4 is 5.73 Å². The van der Waals surface area contributed by atoms with Gasteiger partial charge in [0.25, 0.3) is 5.91 Å². The molecule has 18 heavy (non-hydrogen) atoms. The van der Waals surface area contributed by atoms with Crippen LogP contribution in [0, 0.1) is 0 Å². The van der Waals surface area contributed by atoms with Gasteiger partial charge >= 0.3 is 0 Å². The van der Waals surface area contributed by atoms with Crippen molar-refractivity contribution in [2.45, 2.75) is 0 Å². The summed E-state index contributed by atoms with van der Waals surface area (Å²) in [7, 11) is 0. The molecule has 0 bridgehead atoms. The van der Waals surface area contributed by atoms with E-state index in [1.54, 1.807) is 12.1 Å². The molecule has 0 unspecified atom stereocenters. The standard InChI is InChI=1S/C14H19N3O/c1-2-6-16-7-9-17(10-8-16)14(18)12-4-3-5-13(15)11-12/h2-5,11H,1,6-10,15H2. The Morgan fingerprint density at radius 2 is 2.06 bits per heavy atom. The number of nitrogens with two attached hydrogens (primary N) is 1. The van der Waals surface area contributed by atoms with Crippen LogP contribution in [0.3, 0.4) is 0 Å². The second-order valence-electron chi connectivity index (χ2n) is 4.51. The maximum atomic E-state index is 12.2. The summed E-state index contributed by atoms with van der Waals surface area (Å²) in [6.45, 7) is 7.96. The molecule has 0 atom stereocenters. The van der Waals surface area contributed by atoms with Crippen LogP contribution in [0.2, 0.25) is 0 Å². The van der Waals surface area contributed by atoms with E-state index in [2.05, 4.69) is 11.5 Å². The van der Waals surface area contributed by atoms with Gasteiger partial charge in [0.1, 0.15) is 0 Å². The number of benzene rings is 1. The fourth-order valence-corrected chi connectivity index (χ4v) is 2.17. The number of piperazine rings is 1. The zero-order valence-corrected chi connectivity index (χ0v) is 10.5. The monoisotopic (exact) mass is 245 g/mol. The van der Waals surface area contributed by atoms with E-state index in [-0.39, 0.29) is 5.91 Å². The highest BCUT2D eigenvalue weighted by atomic mass is 16.2. The lowest BCUT2D eigenvalue weighted by atomic mass is 10.1. The van der Waals surface area contributed by atoms with E-state index in [4.69, 9.17) is 5.73 Å². The summed E-state index contributed by atoms with van der Waals surface area (Å²) in [6, 6.07) is 7.16. The number of hydrogen-bond acceptors (Lipinski definition) is 3. The predicted octanol–water partition coefficient (Wildman–Crippen LogP) is 1.21. The Morgan fingerprint density at radius 3 is 2.67 bits per heavy atom. The molecular formula is C14H19N3O. The van der Waals surface area contributed by atoms with Crippen molar-refractivity contribution in [2.24, 2.45) is 0 Å². The summed E-state index contributed by atoms with van der Waals surface area (Å²) >= 11 is 0. The summed E-state index contributed by atoms with van der Waals surface area (Å²) in [4.78, 5) is 16.4. The van der Waals surface area contributed by atoms with Crippen LogP contribution in [0.15, 0.2) is 36.9 Å². The molecule has 2 rings (SSSR count). The maximum absolute atomic E-state index is 12.2. The number of nitrogens with zero attached hydrogens (tertiary/aromatic N) is 2. The molecule has 1 heterocycles. The van der Waals surface area contributed by atoms with Crippen LogP contribution in [-0.2, 0) is 0 Å². The van der Waals surface area contributed by atoms with Crippen molar-refractivity contribution in [3.8, 4) is 0 Å². The largest absolute Gasteiger partial charge is 0.399 e. The number of carbonyl (C=O) groups excluding carboxylic acids is 1. The molecule has 4 nitrogen and oxygen atoms in total. The van der Waals surface area contributed by atoms with E-state index in [1.165, 1.54) is 0 Å². The molecule has 96 valence electrons. The average Bonchev–Trinajstić information content (AvgIpc) is 2.39. The van der Waals surface area contributed by atoms with Gasteiger partial charge in [0.15, 0.2) is 0 Å². The highest BCUT2D eigenvalue weighted by molar-refractivity contribution is 5.95. The number of hydrogen-bond donors (Lipinski definition) is 1. The summed E-state index contributed by atoms with van der Waals surface area (Å²) < 4.78 is 0. The van der Waals surface area contributed by atoms with Gasteiger partial charge in [0, 0.05) is 44.0 Å². The molecule has 0 saturated carbocycles. The lowest BCUT2D eigenvalue weighted by molar-refractivity contribution is 0.0650. The first-order chi connectivity index (χ1) is 8.70. The first-order valence-corrected chi connectivity index (χ1v) is 6.19. The van der Waals surface area contributed by atoms with Crippen molar-refractivity contribution in [1.29, 1.82) is 0 Å². The Bertz CT molecular complexity index is 436. The Morgan fingerprint density at radius 1 is 1.33 bits per heavy atom. The van der Waals surface area contributed by atoms with Crippen molar-refractivity contribution < 1.29 is 4.79 Å². The molecule has 1 aliphatic heterocycles. The van der Waals surface area contributed by atoms with Crippen molar-refractivity contribution in [1.82, 2.24) is 9.80 Å². The second-order valence-corrected chi connectivity index (χ2v) is 4.51. The quantitative estimate of drug-likeness (QED) is 0.643. The van der Waals surface area contributed by atoms with Crippen LogP contribution in [-0.4, -0.2) is 48.4 Å². The molecule has 1 aliphatic rings. The summed E-state index contributed by atoms with van der Waals surface area (Å²) in [5.74, 6) is 0.0700. The molecule has 0 aromatic heterocycles. The van der Waals surface area contributed by atoms with E-state index in [0.29, 0.717) is 11.3 Å². The van der Waals surface area contributed by atoms with Crippen molar-refractivity contribution >= 4 is 11.6 Å². The summed E-state index contributed by atoms with van der Waals surface area (Å²) in [5, 5.41) is 0. The Labute approximate surface area is 108 Å². The van der Waals surface area contributed by atoms with E-state index in [9.17, 15) is 4.79 Å². The van der Waals surface area contributed by atoms with Gasteiger partial charge in [-0.05, 0) is 18.2 Å². The highest BCUT2D eigenvalue weighted by Crippen LogP contribution is 2.11. The van der Waals surface area contributed by atoms with Crippen LogP contribution in [0.1, 0.15) is 10.4 Å². The molecule has 4 heteroatoms. The van der Waals surface area contributed by atoms with Gasteiger partial charge in [0.05, 0.1) is 0 Å². The molecule has 2 N–H and O–H groups in total. The highest BCUT2D eigenvalue weighted by Gasteiger charge is 2.21. The van der Waals surface area contributed by atoms with Crippen LogP contribution in [0.5, 0.6) is 0 Å². The average molecular weight is 245 g/mol. The third kappa shape index (κ3) is 2.90. The molecular weight excluding hydrogens is 226 g/mol. The number of carbonyl (C=O) groups is 1. The smallest absolute Gasteiger partial charge is 0.254 e. The van der Waals surface area contributed by atoms with Gasteiger partial charge in [-0.2, -0.15) is 0 Å². The summed E-state index contributed by atoms with van der Waals surface area (Å²) in [6.07, 6.45) is 1.90. The number of amides is 1. The van der Waals surface area contributed by atoms with E-state index < -0.39 is 0 Å². The predicted molar refractivity (Wildman–Crippen MR) is 73.4 cm³/mol. The van der Waals surface area contributed by atoms with E-state index in [0.717, 1.165) is 32.7 Å². The van der Waals surface area contributed by atoms with Gasteiger partial charge < -0.3 is 10.6 Å². The number of nitrogen functional groups attached to an aromatic ring is 1. The lowest BCUT2D eigenvalue weighted by Gasteiger charge is -2.34. The summed E-state index contributed by atoms with van der Waals surface area (Å²) in [5.41, 5.74) is 7.00. The fraction of sp³-hybridized carbons (Fsp3) is 0.357. The topological polar surface area (TPSA) is 49.6 Å². The van der Waals surface area contributed by atoms with Gasteiger partial charge in [0.2, 0.25) is 0 Å². The van der Waals surface area contributed by atoms with E-state index >= 15 is 0 Å². The van der Waals surface area contributed by atoms with Crippen molar-refractivity contribution in [3.05, 3.63) is 42.5 Å². The van der Waals surface area contributed by atoms with Crippen molar-refractivity contribution in [3.63, 3.8) is 0 Å². The normalized spacial score (nSPS) is 16.6. The van der Waals surface area contributed by atoms with Crippen LogP contribution >= 0.6 is 0 Å². The van der Waals surface area contributed by atoms with Crippen LogP contribution in [0.4, 0.5) is 5.69 Å². The van der Waals surface area contributed by atoms with Gasteiger partial charge in [-0.25, -0.2) is 0 Å². The third-order valence-corrected chi connectivity index (χ3v) is 3.18. The molecule has 0 aliphatic carbocycles. The SMILES string of the molecule is C=CCN1CCN(C(=O)c2cccc(N)c2)CC1. The number of rotatable bonds is 3. The Kier molecular flexibility index (Phi) is 3.99. The molecule has 1 amide bonds. The molecule has 0 radical (unpaired) electrons. The van der Waals surface area contributed by atoms with Crippen LogP contribution in [0.25, 0.3) is 0 Å². The minimum atomic E-state index is 0.0700. The minimum absolute atomic E-state index is 0.0700. The zero-order chi connectivity index (χ0) is 13.0. The van der Waals surface area contributed by atoms with Gasteiger partial charge in [-0.1, -0.05) is 12.1 Å². The number of anilines is 1. The van der Waals surface area contributed by atoms with Crippen molar-refractivity contribution in [2.75, 3.05) is 38.5 Å².